The van der Waals surface area contributed by atoms with E-state index in [0.717, 1.165) is 58.7 Å². The fraction of sp³-hybridized carbons (Fsp3) is 0.471. The molecule has 0 aliphatic rings. The molecule has 2 atom stereocenters. The number of benzene rings is 1. The highest BCUT2D eigenvalue weighted by Gasteiger charge is 2.21. The summed E-state index contributed by atoms with van der Waals surface area (Å²) in [5.74, 6) is 1.78. The average molecular weight is 549 g/mol. The molecule has 1 heterocycles. The number of hydrogen-bond acceptors (Lipinski definition) is 3. The van der Waals surface area contributed by atoms with Crippen LogP contribution >= 0.6 is 11.8 Å². The Morgan fingerprint density at radius 2 is 1.46 bits per heavy atom. The summed E-state index contributed by atoms with van der Waals surface area (Å²) in [7, 11) is 0. The van der Waals surface area contributed by atoms with Crippen molar-refractivity contribution in [2.75, 3.05) is 11.5 Å². The van der Waals surface area contributed by atoms with Crippen molar-refractivity contribution in [2.24, 2.45) is 0 Å². The lowest BCUT2D eigenvalue weighted by Gasteiger charge is -2.18. The Labute approximate surface area is 240 Å². The van der Waals surface area contributed by atoms with Crippen LogP contribution in [0.2, 0.25) is 0 Å². The van der Waals surface area contributed by atoms with Gasteiger partial charge in [0.25, 0.3) is 0 Å². The molecule has 1 aromatic carbocycles. The van der Waals surface area contributed by atoms with Crippen LogP contribution in [-0.4, -0.2) is 33.8 Å². The van der Waals surface area contributed by atoms with Gasteiger partial charge in [0.15, 0.2) is 5.78 Å². The van der Waals surface area contributed by atoms with Crippen molar-refractivity contribution in [1.82, 2.24) is 9.88 Å². The van der Waals surface area contributed by atoms with E-state index in [-0.39, 0.29) is 24.2 Å². The molecule has 0 saturated carbocycles. The smallest absolute Gasteiger partial charge is 0.220 e. The highest BCUT2D eigenvalue weighted by molar-refractivity contribution is 7.99. The lowest BCUT2D eigenvalue weighted by molar-refractivity contribution is -0.123. The standard InChI is InChI=1S/C34H48N2O2S/c1-24(2)13-11-14-25(3)15-12-16-26(4)21-22-39-23-27(5)35-34(38)20-19-33(30(8)37)36-28(6)31-17-9-10-18-32(31)29(36)7/h9-10,13,15,17-18,21,27,33H,6-7,11-12,14,16,19-20,22-23H2,1-5,8H3,(H,35,38)/b25-15+,26-21+. The molecule has 2 rings (SSSR count). The van der Waals surface area contributed by atoms with E-state index in [1.54, 1.807) is 6.92 Å². The van der Waals surface area contributed by atoms with Crippen LogP contribution in [-0.2, 0) is 9.59 Å². The van der Waals surface area contributed by atoms with Crippen LogP contribution in [0.5, 0.6) is 0 Å². The Bertz CT molecular complexity index is 1260. The van der Waals surface area contributed by atoms with Gasteiger partial charge in [-0.05, 0) is 73.6 Å². The summed E-state index contributed by atoms with van der Waals surface area (Å²) in [5, 5.41) is 6.63. The molecule has 4 nitrogen and oxygen atoms in total. The number of fused-ring (bicyclic) bond motifs is 1. The van der Waals surface area contributed by atoms with Crippen LogP contribution in [0.4, 0.5) is 0 Å². The van der Waals surface area contributed by atoms with E-state index in [9.17, 15) is 9.59 Å². The van der Waals surface area contributed by atoms with Crippen LogP contribution < -0.4 is 16.0 Å². The number of ketones is 1. The van der Waals surface area contributed by atoms with Gasteiger partial charge in [-0.3, -0.25) is 9.59 Å². The maximum absolute atomic E-state index is 12.7. The topological polar surface area (TPSA) is 51.1 Å². The molecule has 0 bridgehead atoms. The molecule has 0 fully saturated rings. The lowest BCUT2D eigenvalue weighted by Crippen LogP contribution is -2.37. The third-order valence-corrected chi connectivity index (χ3v) is 8.14. The molecule has 2 unspecified atom stereocenters. The van der Waals surface area contributed by atoms with E-state index in [1.807, 2.05) is 47.5 Å². The Kier molecular flexibility index (Phi) is 13.6. The summed E-state index contributed by atoms with van der Waals surface area (Å²) in [4.78, 5) is 25.2. The normalized spacial score (nSPS) is 13.8. The minimum absolute atomic E-state index is 0.0121. The first-order valence-electron chi connectivity index (χ1n) is 14.1. The number of nitrogens with one attached hydrogen (secondary N) is 1. The van der Waals surface area contributed by atoms with Gasteiger partial charge in [-0.2, -0.15) is 11.8 Å². The SMILES string of the molecule is C=c1c2ccccc2c(=C)n1C(CCC(=O)NC(C)CSC/C=C(\C)CC/C=C(\C)CCC=C(C)C)C(C)=O. The summed E-state index contributed by atoms with van der Waals surface area (Å²) in [6.07, 6.45) is 12.1. The minimum Gasteiger partial charge on any atom is -0.353 e. The van der Waals surface area contributed by atoms with E-state index in [2.05, 4.69) is 64.4 Å². The van der Waals surface area contributed by atoms with E-state index in [1.165, 1.54) is 16.7 Å². The first-order chi connectivity index (χ1) is 18.5. The number of aromatic nitrogens is 1. The molecular weight excluding hydrogens is 500 g/mol. The maximum Gasteiger partial charge on any atom is 0.220 e. The number of thioether (sulfide) groups is 1. The van der Waals surface area contributed by atoms with Crippen molar-refractivity contribution in [3.63, 3.8) is 0 Å². The van der Waals surface area contributed by atoms with Gasteiger partial charge in [0.2, 0.25) is 5.91 Å². The van der Waals surface area contributed by atoms with Gasteiger partial charge in [-0.1, -0.05) is 72.4 Å². The van der Waals surface area contributed by atoms with Crippen LogP contribution in [0.15, 0.2) is 59.2 Å². The second kappa shape index (κ2) is 16.3. The zero-order valence-corrected chi connectivity index (χ0v) is 25.8. The summed E-state index contributed by atoms with van der Waals surface area (Å²) in [6, 6.07) is 7.53. The zero-order valence-electron chi connectivity index (χ0n) is 24.9. The van der Waals surface area contributed by atoms with Crippen molar-refractivity contribution >= 4 is 47.4 Å². The predicted octanol–water partition coefficient (Wildman–Crippen LogP) is 7.03. The zero-order chi connectivity index (χ0) is 28.9. The molecular formula is C34H48N2O2S. The van der Waals surface area contributed by atoms with E-state index < -0.39 is 6.04 Å². The summed E-state index contributed by atoms with van der Waals surface area (Å²) in [6.45, 7) is 20.7. The Balaban J connectivity index is 1.76. The van der Waals surface area contributed by atoms with Gasteiger partial charge in [-0.25, -0.2) is 0 Å². The summed E-state index contributed by atoms with van der Waals surface area (Å²) in [5.41, 5.74) is 4.27. The van der Waals surface area contributed by atoms with E-state index in [0.29, 0.717) is 6.42 Å². The van der Waals surface area contributed by atoms with Gasteiger partial charge >= 0.3 is 0 Å². The molecule has 0 aliphatic heterocycles. The van der Waals surface area contributed by atoms with Gasteiger partial charge < -0.3 is 9.88 Å². The number of rotatable bonds is 16. The maximum atomic E-state index is 12.7. The Hall–Kier alpha value is -2.79. The van der Waals surface area contributed by atoms with Crippen molar-refractivity contribution in [3.05, 3.63) is 69.9 Å². The number of Topliss-reactive ketones (excluding diaryl/α,β-unsaturated/α-hetero) is 1. The molecule has 1 N–H and O–H groups in total. The molecule has 1 aromatic heterocycles. The van der Waals surface area contributed by atoms with Crippen LogP contribution in [0.1, 0.15) is 86.1 Å². The number of hydrogen-bond donors (Lipinski definition) is 1. The van der Waals surface area contributed by atoms with Crippen LogP contribution in [0, 0.1) is 0 Å². The fourth-order valence-corrected chi connectivity index (χ4v) is 5.72. The van der Waals surface area contributed by atoms with E-state index >= 15 is 0 Å². The number of allylic oxidation sites excluding steroid dienone is 5. The lowest BCUT2D eigenvalue weighted by atomic mass is 10.1. The van der Waals surface area contributed by atoms with Crippen molar-refractivity contribution < 1.29 is 9.59 Å². The highest BCUT2D eigenvalue weighted by atomic mass is 32.2. The van der Waals surface area contributed by atoms with Crippen LogP contribution in [0.3, 0.4) is 0 Å². The fourth-order valence-electron chi connectivity index (χ4n) is 4.74. The average Bonchev–Trinajstić information content (AvgIpc) is 3.12. The van der Waals surface area contributed by atoms with Gasteiger partial charge in [0.05, 0.1) is 6.04 Å². The van der Waals surface area contributed by atoms with Gasteiger partial charge in [-0.15, -0.1) is 0 Å². The third kappa shape index (κ3) is 10.7. The van der Waals surface area contributed by atoms with Crippen LogP contribution in [0.25, 0.3) is 23.9 Å². The Morgan fingerprint density at radius 1 is 0.897 bits per heavy atom. The van der Waals surface area contributed by atoms with Crippen molar-refractivity contribution in [2.45, 2.75) is 92.2 Å². The highest BCUT2D eigenvalue weighted by Crippen LogP contribution is 2.16. The minimum atomic E-state index is -0.447. The predicted molar refractivity (Wildman–Crippen MR) is 172 cm³/mol. The number of carbonyl (C=O) groups is 2. The number of carbonyl (C=O) groups excluding carboxylic acids is 2. The summed E-state index contributed by atoms with van der Waals surface area (Å²) >= 11 is 1.83. The summed E-state index contributed by atoms with van der Waals surface area (Å²) < 4.78 is 1.90. The van der Waals surface area contributed by atoms with E-state index in [4.69, 9.17) is 0 Å². The molecule has 1 amide bonds. The van der Waals surface area contributed by atoms with Gasteiger partial charge in [0, 0.05) is 45.4 Å². The number of amides is 1. The second-order valence-electron chi connectivity index (χ2n) is 10.9. The van der Waals surface area contributed by atoms with Crippen molar-refractivity contribution in [1.29, 1.82) is 0 Å². The van der Waals surface area contributed by atoms with Gasteiger partial charge in [0.1, 0.15) is 0 Å². The Morgan fingerprint density at radius 3 is 2.03 bits per heavy atom. The first kappa shape index (κ1) is 32.4. The van der Waals surface area contributed by atoms with Crippen molar-refractivity contribution in [3.8, 4) is 0 Å². The molecule has 5 heteroatoms. The second-order valence-corrected chi connectivity index (χ2v) is 12.0. The first-order valence-corrected chi connectivity index (χ1v) is 15.3. The molecule has 0 spiro atoms. The quantitative estimate of drug-likeness (QED) is 0.181. The molecule has 212 valence electrons. The monoisotopic (exact) mass is 548 g/mol. The molecule has 39 heavy (non-hydrogen) atoms. The molecule has 0 radical (unpaired) electrons. The molecule has 0 saturated heterocycles. The molecule has 2 aromatic rings. The molecule has 0 aliphatic carbocycles. The third-order valence-electron chi connectivity index (χ3n) is 7.00. The largest absolute Gasteiger partial charge is 0.353 e. The number of nitrogens with zero attached hydrogens (tertiary/aromatic N) is 1.